The average Bonchev–Trinajstić information content (AvgIpc) is 2.17. The Labute approximate surface area is 91.3 Å². The third kappa shape index (κ3) is 3.39. The fourth-order valence-corrected chi connectivity index (χ4v) is 0.984. The third-order valence-electron chi connectivity index (χ3n) is 2.03. The van der Waals surface area contributed by atoms with E-state index in [1.54, 1.807) is 12.1 Å². The van der Waals surface area contributed by atoms with Crippen LogP contribution in [0.5, 0.6) is 5.75 Å². The van der Waals surface area contributed by atoms with E-state index in [2.05, 4.69) is 6.92 Å². The Morgan fingerprint density at radius 1 is 1.27 bits per heavy atom. The lowest BCUT2D eigenvalue weighted by Gasteiger charge is -2.16. The topological polar surface area (TPSA) is 26.3 Å². The Morgan fingerprint density at radius 3 is 2.20 bits per heavy atom. The van der Waals surface area contributed by atoms with Crippen molar-refractivity contribution in [2.75, 3.05) is 0 Å². The minimum absolute atomic E-state index is 0.218. The van der Waals surface area contributed by atoms with E-state index in [4.69, 9.17) is 4.74 Å². The van der Waals surface area contributed by atoms with Crippen molar-refractivity contribution in [1.82, 2.24) is 0 Å². The maximum absolute atomic E-state index is 11.6. The van der Waals surface area contributed by atoms with Gasteiger partial charge in [-0.15, -0.1) is 0 Å². The van der Waals surface area contributed by atoms with Crippen molar-refractivity contribution in [3.8, 4) is 5.75 Å². The van der Waals surface area contributed by atoms with E-state index >= 15 is 0 Å². The molecule has 81 valence electrons. The van der Waals surface area contributed by atoms with Gasteiger partial charge in [-0.05, 0) is 51.8 Å². The van der Waals surface area contributed by atoms with E-state index < -0.39 is 5.41 Å². The van der Waals surface area contributed by atoms with Crippen LogP contribution in [0.15, 0.2) is 24.3 Å². The molecule has 1 aromatic carbocycles. The predicted octanol–water partition coefficient (Wildman–Crippen LogP) is 3.01. The molecule has 2 nitrogen and oxygen atoms in total. The number of esters is 1. The molecule has 2 heteroatoms. The Balaban J connectivity index is 2.70. The smallest absolute Gasteiger partial charge is 0.316 e. The Bertz CT molecular complexity index is 331. The van der Waals surface area contributed by atoms with Gasteiger partial charge < -0.3 is 4.74 Å². The second kappa shape index (κ2) is 4.47. The van der Waals surface area contributed by atoms with E-state index in [1.165, 1.54) is 0 Å². The quantitative estimate of drug-likeness (QED) is 0.548. The summed E-state index contributed by atoms with van der Waals surface area (Å²) in [6.45, 7) is 9.28. The van der Waals surface area contributed by atoms with Crippen LogP contribution in [0.2, 0.25) is 0 Å². The van der Waals surface area contributed by atoms with Gasteiger partial charge in [0.15, 0.2) is 0 Å². The van der Waals surface area contributed by atoms with E-state index in [1.807, 2.05) is 32.9 Å². The van der Waals surface area contributed by atoms with Gasteiger partial charge in [0.05, 0.1) is 5.41 Å². The van der Waals surface area contributed by atoms with Crippen LogP contribution in [0, 0.1) is 12.3 Å². The van der Waals surface area contributed by atoms with Gasteiger partial charge in [0.1, 0.15) is 5.75 Å². The molecule has 0 amide bonds. The van der Waals surface area contributed by atoms with Crippen LogP contribution in [0.3, 0.4) is 0 Å². The van der Waals surface area contributed by atoms with Gasteiger partial charge in [-0.1, -0.05) is 12.1 Å². The van der Waals surface area contributed by atoms with Gasteiger partial charge in [-0.3, -0.25) is 4.79 Å². The largest absolute Gasteiger partial charge is 0.426 e. The normalized spacial score (nSPS) is 11.2. The first-order valence-electron chi connectivity index (χ1n) is 5.04. The zero-order chi connectivity index (χ0) is 11.5. The van der Waals surface area contributed by atoms with Crippen LogP contribution < -0.4 is 4.74 Å². The van der Waals surface area contributed by atoms with Gasteiger partial charge in [0, 0.05) is 0 Å². The van der Waals surface area contributed by atoms with E-state index in [-0.39, 0.29) is 5.97 Å². The lowest BCUT2D eigenvalue weighted by atomic mass is 9.97. The highest BCUT2D eigenvalue weighted by Gasteiger charge is 2.23. The zero-order valence-electron chi connectivity index (χ0n) is 9.54. The molecule has 0 unspecified atom stereocenters. The second-order valence-electron chi connectivity index (χ2n) is 4.53. The molecule has 1 aromatic rings. The molecule has 0 atom stereocenters. The van der Waals surface area contributed by atoms with Gasteiger partial charge >= 0.3 is 5.97 Å². The highest BCUT2D eigenvalue weighted by molar-refractivity contribution is 5.77. The molecule has 0 fully saturated rings. The summed E-state index contributed by atoms with van der Waals surface area (Å²) < 4.78 is 5.22. The summed E-state index contributed by atoms with van der Waals surface area (Å²) in [4.78, 5) is 11.6. The summed E-state index contributed by atoms with van der Waals surface area (Å²) in [5.41, 5.74) is 0.663. The van der Waals surface area contributed by atoms with Crippen molar-refractivity contribution in [2.24, 2.45) is 5.41 Å². The first-order valence-corrected chi connectivity index (χ1v) is 5.04. The monoisotopic (exact) mass is 205 g/mol. The van der Waals surface area contributed by atoms with Crippen LogP contribution in [0.4, 0.5) is 0 Å². The predicted molar refractivity (Wildman–Crippen MR) is 60.6 cm³/mol. The molecule has 0 N–H and O–H groups in total. The molecular weight excluding hydrogens is 188 g/mol. The first-order chi connectivity index (χ1) is 6.93. The number of benzene rings is 1. The van der Waals surface area contributed by atoms with Crippen LogP contribution in [0.1, 0.15) is 26.3 Å². The number of hydrogen-bond donors (Lipinski definition) is 0. The van der Waals surface area contributed by atoms with Crippen molar-refractivity contribution >= 4 is 5.97 Å². The van der Waals surface area contributed by atoms with Crippen LogP contribution >= 0.6 is 0 Å². The maximum atomic E-state index is 11.6. The van der Waals surface area contributed by atoms with E-state index in [9.17, 15) is 4.79 Å². The summed E-state index contributed by atoms with van der Waals surface area (Å²) in [6.07, 6.45) is 0.744. The maximum Gasteiger partial charge on any atom is 0.316 e. The van der Waals surface area contributed by atoms with Crippen molar-refractivity contribution in [3.05, 3.63) is 36.8 Å². The van der Waals surface area contributed by atoms with E-state index in [0.29, 0.717) is 5.75 Å². The van der Waals surface area contributed by atoms with Crippen molar-refractivity contribution in [1.29, 1.82) is 0 Å². The highest BCUT2D eigenvalue weighted by atomic mass is 16.5. The van der Waals surface area contributed by atoms with Crippen LogP contribution in [-0.4, -0.2) is 5.97 Å². The molecule has 0 saturated carbocycles. The van der Waals surface area contributed by atoms with E-state index in [0.717, 1.165) is 12.0 Å². The summed E-state index contributed by atoms with van der Waals surface area (Å²) >= 11 is 0. The molecular formula is C13H17O2. The fraction of sp³-hybridized carbons (Fsp3) is 0.385. The molecule has 0 bridgehead atoms. The zero-order valence-corrected chi connectivity index (χ0v) is 9.54. The van der Waals surface area contributed by atoms with Crippen LogP contribution in [-0.2, 0) is 11.2 Å². The third-order valence-corrected chi connectivity index (χ3v) is 2.03. The van der Waals surface area contributed by atoms with Crippen LogP contribution in [0.25, 0.3) is 0 Å². The number of hydrogen-bond acceptors (Lipinski definition) is 2. The number of rotatable bonds is 2. The lowest BCUT2D eigenvalue weighted by Crippen LogP contribution is -2.25. The molecule has 15 heavy (non-hydrogen) atoms. The summed E-state index contributed by atoms with van der Waals surface area (Å²) in [7, 11) is 0. The molecule has 0 aliphatic heterocycles. The molecule has 0 aliphatic carbocycles. The molecule has 0 saturated heterocycles. The van der Waals surface area contributed by atoms with Crippen molar-refractivity contribution in [2.45, 2.75) is 27.2 Å². The SMILES string of the molecule is [CH2]Cc1ccc(OC(=O)C(C)(C)C)cc1. The number of ether oxygens (including phenoxy) is 1. The Morgan fingerprint density at radius 2 is 1.80 bits per heavy atom. The second-order valence-corrected chi connectivity index (χ2v) is 4.53. The fourth-order valence-electron chi connectivity index (χ4n) is 0.984. The Kier molecular flexibility index (Phi) is 3.51. The molecule has 1 radical (unpaired) electrons. The summed E-state index contributed by atoms with van der Waals surface area (Å²) in [6, 6.07) is 7.42. The van der Waals surface area contributed by atoms with Gasteiger partial charge in [-0.25, -0.2) is 0 Å². The molecule has 0 heterocycles. The van der Waals surface area contributed by atoms with Gasteiger partial charge in [0.25, 0.3) is 0 Å². The molecule has 0 spiro atoms. The van der Waals surface area contributed by atoms with Crippen molar-refractivity contribution in [3.63, 3.8) is 0 Å². The van der Waals surface area contributed by atoms with Gasteiger partial charge in [-0.2, -0.15) is 0 Å². The lowest BCUT2D eigenvalue weighted by molar-refractivity contribution is -0.142. The minimum atomic E-state index is -0.467. The number of carbonyl (C=O) groups is 1. The average molecular weight is 205 g/mol. The molecule has 0 aliphatic rings. The summed E-state index contributed by atoms with van der Waals surface area (Å²) in [5, 5.41) is 0. The molecule has 1 rings (SSSR count). The molecule has 0 aromatic heterocycles. The Hall–Kier alpha value is -1.31. The van der Waals surface area contributed by atoms with Gasteiger partial charge in [0.2, 0.25) is 0 Å². The van der Waals surface area contributed by atoms with Crippen molar-refractivity contribution < 1.29 is 9.53 Å². The highest BCUT2D eigenvalue weighted by Crippen LogP contribution is 2.19. The minimum Gasteiger partial charge on any atom is -0.426 e. The number of carbonyl (C=O) groups excluding carboxylic acids is 1. The standard InChI is InChI=1S/C13H17O2/c1-5-10-6-8-11(9-7-10)15-12(14)13(2,3)4/h6-9H,1,5H2,2-4H3. The summed E-state index contributed by atoms with van der Waals surface area (Å²) in [5.74, 6) is 0.372. The first kappa shape index (κ1) is 11.8.